The minimum Gasteiger partial charge on any atom is -0.469 e. The van der Waals surface area contributed by atoms with Gasteiger partial charge in [0.05, 0.1) is 14.2 Å². The molecule has 0 bridgehead atoms. The number of aryl methyl sites for hydroxylation is 1. The number of benzene rings is 1. The molecule has 144 valence electrons. The molecule has 9 heteroatoms. The van der Waals surface area contributed by atoms with E-state index < -0.39 is 29.7 Å². The Hall–Kier alpha value is -3.80. The maximum atomic E-state index is 13.2. The molecule has 1 unspecified atom stereocenters. The van der Waals surface area contributed by atoms with E-state index in [4.69, 9.17) is 15.2 Å². The summed E-state index contributed by atoms with van der Waals surface area (Å²) in [5, 5.41) is 12.5. The van der Waals surface area contributed by atoms with Crippen molar-refractivity contribution < 1.29 is 28.6 Å². The van der Waals surface area contributed by atoms with Crippen molar-refractivity contribution in [2.24, 2.45) is 5.73 Å². The number of methoxy groups -OCH3 is 2. The third-order valence-electron chi connectivity index (χ3n) is 4.78. The first kappa shape index (κ1) is 19.0. The topological polar surface area (TPSA) is 141 Å². The maximum absolute atomic E-state index is 13.2. The number of anilines is 1. The number of nitrogens with one attached hydrogen (secondary N) is 1. The summed E-state index contributed by atoms with van der Waals surface area (Å²) < 4.78 is 14.9. The van der Waals surface area contributed by atoms with Crippen molar-refractivity contribution in [3.8, 4) is 6.07 Å². The second-order valence-electron chi connectivity index (χ2n) is 6.20. The van der Waals surface area contributed by atoms with Gasteiger partial charge in [0.25, 0.3) is 0 Å². The van der Waals surface area contributed by atoms with Gasteiger partial charge in [-0.1, -0.05) is 12.1 Å². The lowest BCUT2D eigenvalue weighted by Crippen LogP contribution is -2.46. The van der Waals surface area contributed by atoms with Crippen LogP contribution in [0.1, 0.15) is 17.5 Å². The second-order valence-corrected chi connectivity index (χ2v) is 6.20. The monoisotopic (exact) mass is 383 g/mol. The van der Waals surface area contributed by atoms with Gasteiger partial charge < -0.3 is 25.3 Å². The zero-order valence-corrected chi connectivity index (χ0v) is 15.4. The highest BCUT2D eigenvalue weighted by Gasteiger charge is 2.60. The third kappa shape index (κ3) is 2.42. The highest BCUT2D eigenvalue weighted by molar-refractivity contribution is 6.18. The summed E-state index contributed by atoms with van der Waals surface area (Å²) >= 11 is 0. The number of hydrogen-bond acceptors (Lipinski definition) is 8. The zero-order valence-electron chi connectivity index (χ0n) is 15.4. The van der Waals surface area contributed by atoms with E-state index in [0.717, 1.165) is 7.11 Å². The van der Waals surface area contributed by atoms with Crippen LogP contribution in [0.5, 0.6) is 0 Å². The molecule has 1 spiro atoms. The summed E-state index contributed by atoms with van der Waals surface area (Å²) in [6.07, 6.45) is -0.476. The Morgan fingerprint density at radius 3 is 2.64 bits per heavy atom. The molecule has 3 rings (SSSR count). The number of ether oxygens (including phenoxy) is 3. The molecule has 0 fully saturated rings. The Kier molecular flexibility index (Phi) is 4.56. The summed E-state index contributed by atoms with van der Waals surface area (Å²) in [4.78, 5) is 37.9. The SMILES string of the molecule is COC(=O)CC1=C(C(=O)OC)C2(C(=O)Nc3cccc(C)c32)C(C#N)=C(N)O1. The average molecular weight is 383 g/mol. The van der Waals surface area contributed by atoms with E-state index in [-0.39, 0.29) is 22.8 Å². The van der Waals surface area contributed by atoms with E-state index in [9.17, 15) is 19.6 Å². The number of amides is 1. The van der Waals surface area contributed by atoms with Gasteiger partial charge in [-0.3, -0.25) is 9.59 Å². The molecule has 1 amide bonds. The molecule has 9 nitrogen and oxygen atoms in total. The van der Waals surface area contributed by atoms with Crippen LogP contribution in [0.2, 0.25) is 0 Å². The van der Waals surface area contributed by atoms with Crippen molar-refractivity contribution in [2.75, 3.05) is 19.5 Å². The number of rotatable bonds is 3. The summed E-state index contributed by atoms with van der Waals surface area (Å²) in [5.74, 6) is -2.89. The first-order chi connectivity index (χ1) is 13.3. The van der Waals surface area contributed by atoms with Gasteiger partial charge in [0.2, 0.25) is 11.8 Å². The molecule has 2 aliphatic rings. The Morgan fingerprint density at radius 1 is 1.32 bits per heavy atom. The Morgan fingerprint density at radius 2 is 2.04 bits per heavy atom. The molecule has 0 saturated carbocycles. The Labute approximate surface area is 160 Å². The number of nitriles is 1. The molecule has 0 aliphatic carbocycles. The highest BCUT2D eigenvalue weighted by atomic mass is 16.5. The lowest BCUT2D eigenvalue weighted by Gasteiger charge is -2.35. The van der Waals surface area contributed by atoms with Crippen LogP contribution in [0, 0.1) is 18.3 Å². The van der Waals surface area contributed by atoms with E-state index in [0.29, 0.717) is 16.8 Å². The van der Waals surface area contributed by atoms with Crippen LogP contribution in [0.4, 0.5) is 5.69 Å². The van der Waals surface area contributed by atoms with E-state index >= 15 is 0 Å². The van der Waals surface area contributed by atoms with Gasteiger partial charge in [-0.2, -0.15) is 5.26 Å². The van der Waals surface area contributed by atoms with Crippen LogP contribution >= 0.6 is 0 Å². The van der Waals surface area contributed by atoms with Crippen LogP contribution in [-0.2, 0) is 34.0 Å². The fourth-order valence-corrected chi connectivity index (χ4v) is 3.67. The maximum Gasteiger partial charge on any atom is 0.339 e. The fraction of sp³-hybridized carbons (Fsp3) is 0.263. The van der Waals surface area contributed by atoms with Crippen molar-refractivity contribution in [1.29, 1.82) is 5.26 Å². The van der Waals surface area contributed by atoms with Gasteiger partial charge >= 0.3 is 11.9 Å². The summed E-state index contributed by atoms with van der Waals surface area (Å²) in [7, 11) is 2.29. The summed E-state index contributed by atoms with van der Waals surface area (Å²) in [6.45, 7) is 1.73. The van der Waals surface area contributed by atoms with Gasteiger partial charge in [0.1, 0.15) is 29.4 Å². The third-order valence-corrected chi connectivity index (χ3v) is 4.78. The number of carbonyl (C=O) groups is 3. The number of nitrogens with zero attached hydrogens (tertiary/aromatic N) is 1. The molecular formula is C19H17N3O6. The fourth-order valence-electron chi connectivity index (χ4n) is 3.67. The van der Waals surface area contributed by atoms with Gasteiger partial charge in [-0.15, -0.1) is 0 Å². The Bertz CT molecular complexity index is 1020. The van der Waals surface area contributed by atoms with Crippen LogP contribution in [0.15, 0.2) is 41.0 Å². The first-order valence-electron chi connectivity index (χ1n) is 8.21. The second kappa shape index (κ2) is 6.74. The molecule has 0 aromatic heterocycles. The van der Waals surface area contributed by atoms with Crippen molar-refractivity contribution in [3.63, 3.8) is 0 Å². The van der Waals surface area contributed by atoms with E-state index in [1.54, 1.807) is 25.1 Å². The molecule has 2 aliphatic heterocycles. The number of nitrogens with two attached hydrogens (primary N) is 1. The van der Waals surface area contributed by atoms with E-state index in [1.807, 2.05) is 6.07 Å². The quantitative estimate of drug-likeness (QED) is 0.734. The zero-order chi connectivity index (χ0) is 20.6. The standard InChI is InChI=1S/C19H17N3O6/c1-9-5-4-6-11-14(9)19(18(25)22-11)10(8-20)16(21)28-12(7-13(23)26-2)15(19)17(24)27-3/h4-6H,7,21H2,1-3H3,(H,22,25). The normalized spacial score (nSPS) is 20.3. The van der Waals surface area contributed by atoms with Crippen molar-refractivity contribution in [3.05, 3.63) is 52.1 Å². The largest absolute Gasteiger partial charge is 0.469 e. The lowest BCUT2D eigenvalue weighted by molar-refractivity contribution is -0.141. The summed E-state index contributed by atoms with van der Waals surface area (Å²) in [5.41, 5.74) is 4.95. The van der Waals surface area contributed by atoms with Crippen molar-refractivity contribution in [2.45, 2.75) is 18.8 Å². The minimum absolute atomic E-state index is 0.207. The van der Waals surface area contributed by atoms with Crippen LogP contribution in [0.3, 0.4) is 0 Å². The highest BCUT2D eigenvalue weighted by Crippen LogP contribution is 2.53. The van der Waals surface area contributed by atoms with Gasteiger partial charge in [-0.05, 0) is 18.6 Å². The van der Waals surface area contributed by atoms with E-state index in [1.165, 1.54) is 7.11 Å². The smallest absolute Gasteiger partial charge is 0.339 e. The van der Waals surface area contributed by atoms with Crippen LogP contribution < -0.4 is 11.1 Å². The van der Waals surface area contributed by atoms with Crippen molar-refractivity contribution >= 4 is 23.5 Å². The summed E-state index contributed by atoms with van der Waals surface area (Å²) in [6, 6.07) is 6.99. The number of hydrogen-bond donors (Lipinski definition) is 2. The number of fused-ring (bicyclic) bond motifs is 2. The van der Waals surface area contributed by atoms with Crippen LogP contribution in [-0.4, -0.2) is 32.1 Å². The molecule has 0 radical (unpaired) electrons. The molecule has 1 aromatic carbocycles. The number of carbonyl (C=O) groups excluding carboxylic acids is 3. The molecule has 0 saturated heterocycles. The first-order valence-corrected chi connectivity index (χ1v) is 8.21. The van der Waals surface area contributed by atoms with Gasteiger partial charge in [0, 0.05) is 11.3 Å². The predicted molar refractivity (Wildman–Crippen MR) is 95.1 cm³/mol. The van der Waals surface area contributed by atoms with Crippen LogP contribution in [0.25, 0.3) is 0 Å². The molecular weight excluding hydrogens is 366 g/mol. The predicted octanol–water partition coefficient (Wildman–Crippen LogP) is 0.899. The molecule has 2 heterocycles. The molecule has 1 aromatic rings. The average Bonchev–Trinajstić information content (AvgIpc) is 2.95. The Balaban J connectivity index is 2.45. The van der Waals surface area contributed by atoms with Crippen molar-refractivity contribution in [1.82, 2.24) is 0 Å². The van der Waals surface area contributed by atoms with Gasteiger partial charge in [-0.25, -0.2) is 4.79 Å². The minimum atomic E-state index is -1.89. The molecule has 28 heavy (non-hydrogen) atoms. The lowest BCUT2D eigenvalue weighted by atomic mass is 9.67. The van der Waals surface area contributed by atoms with Gasteiger partial charge in [0.15, 0.2) is 5.41 Å². The molecule has 3 N–H and O–H groups in total. The van der Waals surface area contributed by atoms with E-state index in [2.05, 4.69) is 10.1 Å². The number of esters is 2. The molecule has 1 atom stereocenters.